The maximum Gasteiger partial charge on any atom is 0.257 e. The van der Waals surface area contributed by atoms with Gasteiger partial charge >= 0.3 is 0 Å². The van der Waals surface area contributed by atoms with Crippen molar-refractivity contribution in [3.63, 3.8) is 0 Å². The molecule has 1 aliphatic heterocycles. The number of nitrogens with one attached hydrogen (secondary N) is 1. The van der Waals surface area contributed by atoms with Crippen molar-refractivity contribution >= 4 is 17.5 Å². The second kappa shape index (κ2) is 12.0. The van der Waals surface area contributed by atoms with Crippen molar-refractivity contribution in [1.29, 1.82) is 0 Å². The van der Waals surface area contributed by atoms with Gasteiger partial charge in [0.15, 0.2) is 0 Å². The Balaban J connectivity index is 1.60. The van der Waals surface area contributed by atoms with E-state index in [1.54, 1.807) is 68.6 Å². The lowest BCUT2D eigenvalue weighted by Crippen LogP contribution is -2.47. The molecule has 1 saturated carbocycles. The molecule has 0 saturated heterocycles. The number of fused-ring (bicyclic) bond motifs is 1. The highest BCUT2D eigenvalue weighted by atomic mass is 16.5. The lowest BCUT2D eigenvalue weighted by Gasteiger charge is -2.36. The smallest absolute Gasteiger partial charge is 0.257 e. The average Bonchev–Trinajstić information content (AvgIpc) is 3.73. The lowest BCUT2D eigenvalue weighted by molar-refractivity contribution is 0.00994. The Bertz CT molecular complexity index is 1100. The maximum atomic E-state index is 13.6. The molecule has 1 heterocycles. The number of anilines is 1. The minimum atomic E-state index is -0.286. The zero-order valence-corrected chi connectivity index (χ0v) is 22.5. The number of benzene rings is 2. The van der Waals surface area contributed by atoms with Crippen LogP contribution >= 0.6 is 0 Å². The van der Waals surface area contributed by atoms with Crippen LogP contribution in [-0.4, -0.2) is 81.3 Å². The van der Waals surface area contributed by atoms with Crippen LogP contribution in [-0.2, 0) is 4.74 Å². The van der Waals surface area contributed by atoms with Gasteiger partial charge in [-0.05, 0) is 68.0 Å². The second-order valence-electron chi connectivity index (χ2n) is 10.4. The second-order valence-corrected chi connectivity index (χ2v) is 10.4. The molecular formula is C29H39N3O5. The fourth-order valence-corrected chi connectivity index (χ4v) is 4.78. The minimum absolute atomic E-state index is 0.0948. The number of likely N-dealkylation sites (N-methyl/N-ethyl adjacent to an activating group) is 1. The first-order valence-corrected chi connectivity index (χ1v) is 13.0. The maximum absolute atomic E-state index is 13.6. The first kappa shape index (κ1) is 26.9. The van der Waals surface area contributed by atoms with Gasteiger partial charge in [0, 0.05) is 51.1 Å². The summed E-state index contributed by atoms with van der Waals surface area (Å²) in [4.78, 5) is 30.6. The predicted octanol–water partition coefficient (Wildman–Crippen LogP) is 4.16. The van der Waals surface area contributed by atoms with Crippen LogP contribution in [0.1, 0.15) is 47.4 Å². The van der Waals surface area contributed by atoms with Gasteiger partial charge in [-0.2, -0.15) is 0 Å². The Morgan fingerprint density at radius 3 is 2.59 bits per heavy atom. The molecule has 0 bridgehead atoms. The summed E-state index contributed by atoms with van der Waals surface area (Å²) < 4.78 is 17.3. The third-order valence-corrected chi connectivity index (χ3v) is 7.35. The van der Waals surface area contributed by atoms with Gasteiger partial charge in [-0.15, -0.1) is 0 Å². The molecule has 1 aliphatic carbocycles. The molecular weight excluding hydrogens is 470 g/mol. The molecule has 8 nitrogen and oxygen atoms in total. The molecule has 3 atom stereocenters. The molecule has 200 valence electrons. The Labute approximate surface area is 219 Å². The van der Waals surface area contributed by atoms with E-state index in [1.807, 2.05) is 0 Å². The van der Waals surface area contributed by atoms with Gasteiger partial charge < -0.3 is 24.4 Å². The number of ether oxygens (including phenoxy) is 3. The number of methoxy groups -OCH3 is 2. The summed E-state index contributed by atoms with van der Waals surface area (Å²) in [6, 6.07) is 12.3. The van der Waals surface area contributed by atoms with Crippen LogP contribution < -0.4 is 14.8 Å². The molecule has 0 aromatic heterocycles. The summed E-state index contributed by atoms with van der Waals surface area (Å²) in [6.07, 6.45) is 2.48. The topological polar surface area (TPSA) is 80.3 Å². The van der Waals surface area contributed by atoms with Crippen molar-refractivity contribution in [2.45, 2.75) is 38.8 Å². The molecule has 0 unspecified atom stereocenters. The molecule has 1 fully saturated rings. The third kappa shape index (κ3) is 6.81. The third-order valence-electron chi connectivity index (χ3n) is 7.35. The van der Waals surface area contributed by atoms with Gasteiger partial charge in [-0.1, -0.05) is 13.0 Å². The normalized spacial score (nSPS) is 23.3. The van der Waals surface area contributed by atoms with Crippen LogP contribution in [0.3, 0.4) is 0 Å². The standard InChI is InChI=1S/C29H39N3O5/c1-19-15-32(16-21-9-10-21)20(2)18-37-26-12-11-23(14-25(26)29(34)31(3)17-27(19)36-5)30-28(33)22-7-6-8-24(13-22)35-4/h6-8,11-14,19-21,27H,9-10,15-18H2,1-5H3,(H,30,33)/t19-,20+,27-/m0/s1. The Morgan fingerprint density at radius 2 is 1.89 bits per heavy atom. The fraction of sp³-hybridized carbons (Fsp3) is 0.517. The van der Waals surface area contributed by atoms with Gasteiger partial charge in [0.05, 0.1) is 18.8 Å². The van der Waals surface area contributed by atoms with Gasteiger partial charge in [-0.25, -0.2) is 0 Å². The zero-order chi connectivity index (χ0) is 26.5. The van der Waals surface area contributed by atoms with Crippen LogP contribution in [0.4, 0.5) is 5.69 Å². The van der Waals surface area contributed by atoms with Gasteiger partial charge in [-0.3, -0.25) is 14.5 Å². The molecule has 1 N–H and O–H groups in total. The highest BCUT2D eigenvalue weighted by Gasteiger charge is 2.31. The average molecular weight is 510 g/mol. The van der Waals surface area contributed by atoms with Crippen LogP contribution in [0.2, 0.25) is 0 Å². The van der Waals surface area contributed by atoms with Gasteiger partial charge in [0.2, 0.25) is 0 Å². The molecule has 0 spiro atoms. The predicted molar refractivity (Wildman–Crippen MR) is 144 cm³/mol. The Hall–Kier alpha value is -3.10. The molecule has 0 radical (unpaired) electrons. The van der Waals surface area contributed by atoms with Crippen molar-refractivity contribution in [2.24, 2.45) is 11.8 Å². The molecule has 2 amide bonds. The van der Waals surface area contributed by atoms with E-state index in [0.29, 0.717) is 41.5 Å². The van der Waals surface area contributed by atoms with E-state index in [1.165, 1.54) is 12.8 Å². The van der Waals surface area contributed by atoms with Crippen LogP contribution in [0.5, 0.6) is 11.5 Å². The van der Waals surface area contributed by atoms with Crippen LogP contribution in [0, 0.1) is 11.8 Å². The number of carbonyl (C=O) groups is 2. The summed E-state index contributed by atoms with van der Waals surface area (Å²) >= 11 is 0. The summed E-state index contributed by atoms with van der Waals surface area (Å²) in [5.41, 5.74) is 1.40. The Kier molecular flexibility index (Phi) is 8.71. The molecule has 4 rings (SSSR count). The van der Waals surface area contributed by atoms with E-state index in [0.717, 1.165) is 19.0 Å². The van der Waals surface area contributed by atoms with Crippen molar-refractivity contribution in [1.82, 2.24) is 9.80 Å². The highest BCUT2D eigenvalue weighted by molar-refractivity contribution is 6.05. The number of carbonyl (C=O) groups excluding carboxylic acids is 2. The number of rotatable bonds is 6. The van der Waals surface area contributed by atoms with E-state index >= 15 is 0 Å². The first-order valence-electron chi connectivity index (χ1n) is 13.0. The highest BCUT2D eigenvalue weighted by Crippen LogP contribution is 2.32. The fourth-order valence-electron chi connectivity index (χ4n) is 4.78. The zero-order valence-electron chi connectivity index (χ0n) is 22.5. The molecule has 2 aliphatic rings. The van der Waals surface area contributed by atoms with Crippen molar-refractivity contribution in [3.8, 4) is 11.5 Å². The van der Waals surface area contributed by atoms with E-state index in [-0.39, 0.29) is 29.9 Å². The Morgan fingerprint density at radius 1 is 1.11 bits per heavy atom. The van der Waals surface area contributed by atoms with Gasteiger partial charge in [0.1, 0.15) is 18.1 Å². The van der Waals surface area contributed by atoms with E-state index < -0.39 is 0 Å². The molecule has 8 heteroatoms. The summed E-state index contributed by atoms with van der Waals surface area (Å²) in [7, 11) is 5.05. The van der Waals surface area contributed by atoms with Crippen molar-refractivity contribution < 1.29 is 23.8 Å². The molecule has 37 heavy (non-hydrogen) atoms. The van der Waals surface area contributed by atoms with E-state index in [4.69, 9.17) is 14.2 Å². The molecule has 2 aromatic carbocycles. The number of hydrogen-bond acceptors (Lipinski definition) is 6. The minimum Gasteiger partial charge on any atom is -0.497 e. The summed E-state index contributed by atoms with van der Waals surface area (Å²) in [5.74, 6) is 1.65. The molecule has 2 aromatic rings. The van der Waals surface area contributed by atoms with Crippen molar-refractivity contribution in [2.75, 3.05) is 52.8 Å². The number of hydrogen-bond donors (Lipinski definition) is 1. The summed E-state index contributed by atoms with van der Waals surface area (Å²) in [6.45, 7) is 7.25. The lowest BCUT2D eigenvalue weighted by atomic mass is 10.0. The first-order chi connectivity index (χ1) is 17.8. The summed E-state index contributed by atoms with van der Waals surface area (Å²) in [5, 5.41) is 2.90. The van der Waals surface area contributed by atoms with Crippen LogP contribution in [0.25, 0.3) is 0 Å². The number of amides is 2. The van der Waals surface area contributed by atoms with Gasteiger partial charge in [0.25, 0.3) is 11.8 Å². The quantitative estimate of drug-likeness (QED) is 0.630. The van der Waals surface area contributed by atoms with E-state index in [9.17, 15) is 9.59 Å². The SMILES string of the molecule is COc1cccc(C(=O)Nc2ccc3c(c2)C(=O)N(C)C[C@H](OC)[C@@H](C)CN(CC2CC2)[C@H](C)CO3)c1. The largest absolute Gasteiger partial charge is 0.497 e. The van der Waals surface area contributed by atoms with Crippen molar-refractivity contribution in [3.05, 3.63) is 53.6 Å². The monoisotopic (exact) mass is 509 g/mol. The van der Waals surface area contributed by atoms with E-state index in [2.05, 4.69) is 24.1 Å². The number of nitrogens with zero attached hydrogens (tertiary/aromatic N) is 2. The van der Waals surface area contributed by atoms with Crippen LogP contribution in [0.15, 0.2) is 42.5 Å².